The second kappa shape index (κ2) is 7.22. The fraction of sp³-hybridized carbons (Fsp3) is 0.667. The molecule has 1 aromatic rings. The molecule has 1 aliphatic rings. The summed E-state index contributed by atoms with van der Waals surface area (Å²) in [6, 6.07) is 2.67. The molecule has 0 radical (unpaired) electrons. The quantitative estimate of drug-likeness (QED) is 0.869. The average Bonchev–Trinajstić information content (AvgIpc) is 2.79. The Morgan fingerprint density at radius 3 is 3.11 bits per heavy atom. The van der Waals surface area contributed by atoms with E-state index in [0.29, 0.717) is 12.0 Å². The number of rotatable bonds is 6. The first-order chi connectivity index (χ1) is 9.16. The fourth-order valence-corrected chi connectivity index (χ4v) is 2.80. The van der Waals surface area contributed by atoms with Crippen LogP contribution in [0.3, 0.4) is 0 Å². The molecule has 1 saturated heterocycles. The van der Waals surface area contributed by atoms with Gasteiger partial charge in [0, 0.05) is 31.5 Å². The van der Waals surface area contributed by atoms with E-state index in [1.807, 2.05) is 12.3 Å². The molecular formula is C15H24ClN3. The Kier molecular flexibility index (Phi) is 5.61. The van der Waals surface area contributed by atoms with Crippen molar-refractivity contribution >= 4 is 11.6 Å². The van der Waals surface area contributed by atoms with Gasteiger partial charge < -0.3 is 5.32 Å². The number of likely N-dealkylation sites (tertiary alicyclic amines) is 1. The highest BCUT2D eigenvalue weighted by Crippen LogP contribution is 2.22. The Labute approximate surface area is 121 Å². The zero-order valence-corrected chi connectivity index (χ0v) is 12.7. The van der Waals surface area contributed by atoms with Crippen LogP contribution in [0.4, 0.5) is 0 Å². The largest absolute Gasteiger partial charge is 0.315 e. The number of nitrogens with one attached hydrogen (secondary N) is 1. The Morgan fingerprint density at radius 2 is 2.37 bits per heavy atom. The molecule has 0 spiro atoms. The third-order valence-electron chi connectivity index (χ3n) is 3.66. The predicted octanol–water partition coefficient (Wildman–Crippen LogP) is 2.95. The standard InChI is InChI=1S/C15H24ClN3/c1-12(2)8-18-9-14-4-3-7-19(14)11-13-5-6-17-10-15(13)16/h5-6,10,12,14,18H,3-4,7-9,11H2,1-2H3. The Hall–Kier alpha value is -0.640. The molecule has 106 valence electrons. The minimum Gasteiger partial charge on any atom is -0.315 e. The van der Waals surface area contributed by atoms with E-state index in [1.165, 1.54) is 24.9 Å². The van der Waals surface area contributed by atoms with E-state index in [-0.39, 0.29) is 0 Å². The molecule has 2 heterocycles. The zero-order valence-electron chi connectivity index (χ0n) is 11.9. The van der Waals surface area contributed by atoms with Gasteiger partial charge in [0.05, 0.1) is 5.02 Å². The first kappa shape index (κ1) is 14.8. The van der Waals surface area contributed by atoms with E-state index in [1.54, 1.807) is 6.20 Å². The maximum atomic E-state index is 6.19. The normalized spacial score (nSPS) is 20.3. The molecule has 1 fully saturated rings. The Morgan fingerprint density at radius 1 is 1.53 bits per heavy atom. The summed E-state index contributed by atoms with van der Waals surface area (Å²) < 4.78 is 0. The van der Waals surface area contributed by atoms with Crippen LogP contribution < -0.4 is 5.32 Å². The van der Waals surface area contributed by atoms with Gasteiger partial charge in [0.2, 0.25) is 0 Å². The van der Waals surface area contributed by atoms with Crippen LogP contribution in [0.15, 0.2) is 18.5 Å². The zero-order chi connectivity index (χ0) is 13.7. The van der Waals surface area contributed by atoms with Crippen molar-refractivity contribution < 1.29 is 0 Å². The highest BCUT2D eigenvalue weighted by atomic mass is 35.5. The fourth-order valence-electron chi connectivity index (χ4n) is 2.62. The molecule has 1 unspecified atom stereocenters. The van der Waals surface area contributed by atoms with E-state index in [0.717, 1.165) is 24.7 Å². The van der Waals surface area contributed by atoms with Crippen LogP contribution in [0.2, 0.25) is 5.02 Å². The topological polar surface area (TPSA) is 28.2 Å². The van der Waals surface area contributed by atoms with Gasteiger partial charge in [0.25, 0.3) is 0 Å². The van der Waals surface area contributed by atoms with Crippen molar-refractivity contribution in [3.63, 3.8) is 0 Å². The molecular weight excluding hydrogens is 258 g/mol. The van der Waals surface area contributed by atoms with E-state index < -0.39 is 0 Å². The molecule has 0 bridgehead atoms. The lowest BCUT2D eigenvalue weighted by Crippen LogP contribution is -2.38. The molecule has 0 amide bonds. The maximum absolute atomic E-state index is 6.19. The first-order valence-corrected chi connectivity index (χ1v) is 7.57. The molecule has 0 aliphatic carbocycles. The van der Waals surface area contributed by atoms with Gasteiger partial charge >= 0.3 is 0 Å². The van der Waals surface area contributed by atoms with E-state index in [4.69, 9.17) is 11.6 Å². The Bertz CT molecular complexity index is 395. The summed E-state index contributed by atoms with van der Waals surface area (Å²) in [4.78, 5) is 6.58. The van der Waals surface area contributed by atoms with Gasteiger partial charge in [-0.15, -0.1) is 0 Å². The van der Waals surface area contributed by atoms with Gasteiger partial charge in [-0.05, 0) is 43.5 Å². The smallest absolute Gasteiger partial charge is 0.0634 e. The molecule has 19 heavy (non-hydrogen) atoms. The summed E-state index contributed by atoms with van der Waals surface area (Å²) >= 11 is 6.19. The lowest BCUT2D eigenvalue weighted by Gasteiger charge is -2.25. The van der Waals surface area contributed by atoms with Crippen LogP contribution in [0, 0.1) is 5.92 Å². The average molecular weight is 282 g/mol. The number of aromatic nitrogens is 1. The second-order valence-corrected chi connectivity index (χ2v) is 6.19. The van der Waals surface area contributed by atoms with Gasteiger partial charge in [-0.3, -0.25) is 9.88 Å². The first-order valence-electron chi connectivity index (χ1n) is 7.20. The van der Waals surface area contributed by atoms with Crippen LogP contribution in [-0.4, -0.2) is 35.6 Å². The third-order valence-corrected chi connectivity index (χ3v) is 4.00. The van der Waals surface area contributed by atoms with Crippen LogP contribution in [0.25, 0.3) is 0 Å². The number of hydrogen-bond donors (Lipinski definition) is 1. The lowest BCUT2D eigenvalue weighted by molar-refractivity contribution is 0.237. The molecule has 0 aromatic carbocycles. The Balaban J connectivity index is 1.87. The van der Waals surface area contributed by atoms with Crippen molar-refractivity contribution in [2.45, 2.75) is 39.3 Å². The number of halogens is 1. The summed E-state index contributed by atoms with van der Waals surface area (Å²) in [5, 5.41) is 4.35. The van der Waals surface area contributed by atoms with Crippen molar-refractivity contribution in [1.29, 1.82) is 0 Å². The van der Waals surface area contributed by atoms with Gasteiger partial charge in [-0.1, -0.05) is 25.4 Å². The van der Waals surface area contributed by atoms with E-state index in [9.17, 15) is 0 Å². The number of pyridine rings is 1. The SMILES string of the molecule is CC(C)CNCC1CCCN1Cc1ccncc1Cl. The monoisotopic (exact) mass is 281 g/mol. The van der Waals surface area contributed by atoms with Gasteiger partial charge in [-0.2, -0.15) is 0 Å². The van der Waals surface area contributed by atoms with Gasteiger partial charge in [0.1, 0.15) is 0 Å². The van der Waals surface area contributed by atoms with Crippen LogP contribution in [0.1, 0.15) is 32.3 Å². The summed E-state index contributed by atoms with van der Waals surface area (Å²) in [6.07, 6.45) is 6.13. The van der Waals surface area contributed by atoms with Crippen molar-refractivity contribution in [3.8, 4) is 0 Å². The van der Waals surface area contributed by atoms with Crippen LogP contribution in [0.5, 0.6) is 0 Å². The molecule has 1 atom stereocenters. The predicted molar refractivity (Wildman–Crippen MR) is 80.4 cm³/mol. The van der Waals surface area contributed by atoms with Crippen molar-refractivity contribution in [2.75, 3.05) is 19.6 Å². The van der Waals surface area contributed by atoms with Gasteiger partial charge in [-0.25, -0.2) is 0 Å². The maximum Gasteiger partial charge on any atom is 0.0634 e. The van der Waals surface area contributed by atoms with Crippen molar-refractivity contribution in [1.82, 2.24) is 15.2 Å². The molecule has 2 rings (SSSR count). The van der Waals surface area contributed by atoms with Crippen LogP contribution in [-0.2, 0) is 6.54 Å². The molecule has 1 N–H and O–H groups in total. The highest BCUT2D eigenvalue weighted by molar-refractivity contribution is 6.31. The van der Waals surface area contributed by atoms with E-state index in [2.05, 4.69) is 29.0 Å². The van der Waals surface area contributed by atoms with Crippen molar-refractivity contribution in [2.24, 2.45) is 5.92 Å². The molecule has 4 heteroatoms. The second-order valence-electron chi connectivity index (χ2n) is 5.79. The van der Waals surface area contributed by atoms with Crippen molar-refractivity contribution in [3.05, 3.63) is 29.0 Å². The van der Waals surface area contributed by atoms with Crippen LogP contribution >= 0.6 is 11.6 Å². The number of hydrogen-bond acceptors (Lipinski definition) is 3. The summed E-state index contributed by atoms with van der Waals surface area (Å²) in [5.41, 5.74) is 1.19. The highest BCUT2D eigenvalue weighted by Gasteiger charge is 2.24. The lowest BCUT2D eigenvalue weighted by atomic mass is 10.2. The molecule has 0 saturated carbocycles. The third kappa shape index (κ3) is 4.44. The summed E-state index contributed by atoms with van der Waals surface area (Å²) in [5.74, 6) is 0.712. The number of nitrogens with zero attached hydrogens (tertiary/aromatic N) is 2. The van der Waals surface area contributed by atoms with E-state index >= 15 is 0 Å². The summed E-state index contributed by atoms with van der Waals surface area (Å²) in [7, 11) is 0. The minimum absolute atomic E-state index is 0.642. The summed E-state index contributed by atoms with van der Waals surface area (Å²) in [6.45, 7) is 8.79. The molecule has 1 aromatic heterocycles. The van der Waals surface area contributed by atoms with Gasteiger partial charge in [0.15, 0.2) is 0 Å². The minimum atomic E-state index is 0.642. The molecule has 1 aliphatic heterocycles. The molecule has 3 nitrogen and oxygen atoms in total.